The van der Waals surface area contributed by atoms with E-state index in [9.17, 15) is 14.7 Å². The second kappa shape index (κ2) is 8.95. The molecule has 4 aromatic carbocycles. The lowest BCUT2D eigenvalue weighted by atomic mass is 9.85. The Hall–Kier alpha value is -4.71. The zero-order valence-corrected chi connectivity index (χ0v) is 22.3. The molecule has 39 heavy (non-hydrogen) atoms. The molecule has 6 rings (SSSR count). The Bertz CT molecular complexity index is 1800. The molecule has 0 bridgehead atoms. The minimum atomic E-state index is -0.861. The molecule has 0 saturated carbocycles. The first-order valence-electron chi connectivity index (χ1n) is 13.0. The summed E-state index contributed by atoms with van der Waals surface area (Å²) in [5, 5.41) is 13.4. The molecule has 1 aromatic heterocycles. The number of carbonyl (C=O) groups excluding carboxylic acids is 2. The normalized spacial score (nSPS) is 17.4. The van der Waals surface area contributed by atoms with Crippen molar-refractivity contribution in [2.24, 2.45) is 0 Å². The van der Waals surface area contributed by atoms with Crippen LogP contribution >= 0.6 is 0 Å². The van der Waals surface area contributed by atoms with E-state index in [1.807, 2.05) is 85.8 Å². The van der Waals surface area contributed by atoms with E-state index < -0.39 is 17.7 Å². The van der Waals surface area contributed by atoms with Gasteiger partial charge in [-0.1, -0.05) is 93.6 Å². The highest BCUT2D eigenvalue weighted by Crippen LogP contribution is 2.43. The maximum atomic E-state index is 13.7. The first-order chi connectivity index (χ1) is 18.6. The van der Waals surface area contributed by atoms with Gasteiger partial charge in [0.1, 0.15) is 5.76 Å². The number of benzene rings is 4. The van der Waals surface area contributed by atoms with E-state index in [1.165, 1.54) is 4.90 Å². The van der Waals surface area contributed by atoms with Crippen LogP contribution in [-0.2, 0) is 15.0 Å². The summed E-state index contributed by atoms with van der Waals surface area (Å²) >= 11 is 0. The van der Waals surface area contributed by atoms with Crippen molar-refractivity contribution in [1.82, 2.24) is 9.97 Å². The van der Waals surface area contributed by atoms with Gasteiger partial charge in [-0.15, -0.1) is 0 Å². The fraction of sp³-hybridized carbons (Fsp3) is 0.182. The Morgan fingerprint density at radius 3 is 2.38 bits per heavy atom. The second-order valence-electron chi connectivity index (χ2n) is 11.1. The monoisotopic (exact) mass is 515 g/mol. The van der Waals surface area contributed by atoms with Crippen molar-refractivity contribution in [2.75, 3.05) is 4.90 Å². The van der Waals surface area contributed by atoms with E-state index >= 15 is 0 Å². The maximum Gasteiger partial charge on any atom is 0.302 e. The van der Waals surface area contributed by atoms with E-state index in [0.29, 0.717) is 16.6 Å². The molecule has 1 aliphatic rings. The third-order valence-electron chi connectivity index (χ3n) is 7.43. The van der Waals surface area contributed by atoms with Crippen molar-refractivity contribution in [3.63, 3.8) is 0 Å². The van der Waals surface area contributed by atoms with Crippen LogP contribution in [0.3, 0.4) is 0 Å². The standard InChI is InChI=1S/C33H29N3O3/c1-19-12-17-25-26(18-19)35-32(34-25)36-28(21-13-15-22(16-14-21)33(2,3)4)27(30(38)31(36)39)29(37)24-11-7-9-20-8-5-6-10-23(20)24/h5-18,28,37H,1-4H3,(H,34,35)/b29-27+. The van der Waals surface area contributed by atoms with Gasteiger partial charge in [0.15, 0.2) is 0 Å². The topological polar surface area (TPSA) is 86.3 Å². The van der Waals surface area contributed by atoms with Crippen molar-refractivity contribution in [3.8, 4) is 0 Å². The average molecular weight is 516 g/mol. The van der Waals surface area contributed by atoms with Gasteiger partial charge < -0.3 is 10.1 Å². The maximum absolute atomic E-state index is 13.7. The summed E-state index contributed by atoms with van der Waals surface area (Å²) in [4.78, 5) is 36.6. The number of ketones is 1. The number of amides is 1. The number of aromatic nitrogens is 2. The Kier molecular flexibility index (Phi) is 5.65. The third-order valence-corrected chi connectivity index (χ3v) is 7.43. The zero-order chi connectivity index (χ0) is 27.5. The number of hydrogen-bond donors (Lipinski definition) is 2. The van der Waals surface area contributed by atoms with Gasteiger partial charge in [-0.2, -0.15) is 0 Å². The van der Waals surface area contributed by atoms with E-state index in [4.69, 9.17) is 0 Å². The van der Waals surface area contributed by atoms with Gasteiger partial charge in [-0.3, -0.25) is 14.5 Å². The van der Waals surface area contributed by atoms with Crippen molar-refractivity contribution >= 4 is 45.2 Å². The highest BCUT2D eigenvalue weighted by Gasteiger charge is 2.48. The molecule has 1 atom stereocenters. The first kappa shape index (κ1) is 24.6. The average Bonchev–Trinajstić information content (AvgIpc) is 3.45. The SMILES string of the molecule is Cc1ccc2nc(N3C(=O)C(=O)/C(=C(/O)c4cccc5ccccc45)C3c3ccc(C(C)(C)C)cc3)[nH]c2c1. The molecule has 2 N–H and O–H groups in total. The summed E-state index contributed by atoms with van der Waals surface area (Å²) in [7, 11) is 0. The van der Waals surface area contributed by atoms with Crippen LogP contribution in [0.1, 0.15) is 49.1 Å². The number of Topliss-reactive ketones (excluding diaryl/α,β-unsaturated/α-hetero) is 1. The lowest BCUT2D eigenvalue weighted by molar-refractivity contribution is -0.132. The predicted molar refractivity (Wildman–Crippen MR) is 155 cm³/mol. The highest BCUT2D eigenvalue weighted by atomic mass is 16.3. The zero-order valence-electron chi connectivity index (χ0n) is 22.3. The van der Waals surface area contributed by atoms with Crippen LogP contribution in [0, 0.1) is 6.92 Å². The molecule has 2 heterocycles. The summed E-state index contributed by atoms with van der Waals surface area (Å²) in [6.07, 6.45) is 0. The van der Waals surface area contributed by atoms with Crippen LogP contribution in [0.15, 0.2) is 90.5 Å². The van der Waals surface area contributed by atoms with E-state index in [-0.39, 0.29) is 22.7 Å². The molecular weight excluding hydrogens is 486 g/mol. The Balaban J connectivity index is 1.59. The van der Waals surface area contributed by atoms with Crippen molar-refractivity contribution < 1.29 is 14.7 Å². The smallest absolute Gasteiger partial charge is 0.302 e. The number of carbonyl (C=O) groups is 2. The molecule has 0 aliphatic carbocycles. The minimum absolute atomic E-state index is 0.0384. The van der Waals surface area contributed by atoms with E-state index in [0.717, 1.165) is 27.4 Å². The predicted octanol–water partition coefficient (Wildman–Crippen LogP) is 6.95. The van der Waals surface area contributed by atoms with Crippen LogP contribution in [0.2, 0.25) is 0 Å². The second-order valence-corrected chi connectivity index (χ2v) is 11.1. The molecule has 1 fully saturated rings. The molecule has 1 unspecified atom stereocenters. The summed E-state index contributed by atoms with van der Waals surface area (Å²) in [5.41, 5.74) is 4.80. The number of fused-ring (bicyclic) bond motifs is 2. The van der Waals surface area contributed by atoms with Gasteiger partial charge >= 0.3 is 5.91 Å². The van der Waals surface area contributed by atoms with Gasteiger partial charge in [-0.05, 0) is 51.9 Å². The summed E-state index contributed by atoms with van der Waals surface area (Å²) in [6, 6.07) is 26.0. The number of aliphatic hydroxyl groups excluding tert-OH is 1. The molecule has 0 spiro atoms. The van der Waals surface area contributed by atoms with E-state index in [2.05, 4.69) is 30.7 Å². The minimum Gasteiger partial charge on any atom is -0.507 e. The molecule has 1 amide bonds. The largest absolute Gasteiger partial charge is 0.507 e. The quantitative estimate of drug-likeness (QED) is 0.155. The van der Waals surface area contributed by atoms with Gasteiger partial charge in [0.2, 0.25) is 5.95 Å². The molecule has 1 saturated heterocycles. The molecule has 194 valence electrons. The fourth-order valence-corrected chi connectivity index (χ4v) is 5.33. The third kappa shape index (κ3) is 4.09. The van der Waals surface area contributed by atoms with E-state index in [1.54, 1.807) is 6.07 Å². The number of aromatic amines is 1. The summed E-state index contributed by atoms with van der Waals surface area (Å²) < 4.78 is 0. The molecule has 0 radical (unpaired) electrons. The van der Waals surface area contributed by atoms with Crippen LogP contribution in [-0.4, -0.2) is 26.8 Å². The number of rotatable bonds is 3. The Morgan fingerprint density at radius 1 is 0.923 bits per heavy atom. The fourth-order valence-electron chi connectivity index (χ4n) is 5.33. The number of imidazole rings is 1. The van der Waals surface area contributed by atoms with Crippen molar-refractivity contribution in [3.05, 3.63) is 113 Å². The number of nitrogens with one attached hydrogen (secondary N) is 1. The highest BCUT2D eigenvalue weighted by molar-refractivity contribution is 6.51. The Morgan fingerprint density at radius 2 is 1.64 bits per heavy atom. The number of aryl methyl sites for hydroxylation is 1. The molecule has 5 aromatic rings. The first-order valence-corrected chi connectivity index (χ1v) is 13.0. The van der Waals surface area contributed by atoms with Crippen LogP contribution in [0.5, 0.6) is 0 Å². The van der Waals surface area contributed by atoms with Crippen LogP contribution in [0.25, 0.3) is 27.6 Å². The number of hydrogen-bond acceptors (Lipinski definition) is 4. The number of H-pyrrole nitrogens is 1. The number of nitrogens with zero attached hydrogens (tertiary/aromatic N) is 2. The van der Waals surface area contributed by atoms with Gasteiger partial charge in [0.05, 0.1) is 22.6 Å². The van der Waals surface area contributed by atoms with Gasteiger partial charge in [0, 0.05) is 5.56 Å². The van der Waals surface area contributed by atoms with Gasteiger partial charge in [-0.25, -0.2) is 4.98 Å². The molecule has 1 aliphatic heterocycles. The van der Waals surface area contributed by atoms with Gasteiger partial charge in [0.25, 0.3) is 5.78 Å². The summed E-state index contributed by atoms with van der Waals surface area (Å²) in [6.45, 7) is 8.37. The summed E-state index contributed by atoms with van der Waals surface area (Å²) in [5.74, 6) is -1.43. The lowest BCUT2D eigenvalue weighted by Crippen LogP contribution is -2.30. The molecular formula is C33H29N3O3. The van der Waals surface area contributed by atoms with Crippen LogP contribution in [0.4, 0.5) is 5.95 Å². The Labute approximate surface area is 226 Å². The number of anilines is 1. The van der Waals surface area contributed by atoms with Crippen LogP contribution < -0.4 is 4.90 Å². The molecule has 6 heteroatoms. The lowest BCUT2D eigenvalue weighted by Gasteiger charge is -2.25. The number of aliphatic hydroxyl groups is 1. The molecule has 6 nitrogen and oxygen atoms in total. The van der Waals surface area contributed by atoms with Crippen molar-refractivity contribution in [1.29, 1.82) is 0 Å². The van der Waals surface area contributed by atoms with Crippen molar-refractivity contribution in [2.45, 2.75) is 39.2 Å².